The molecule has 20 heavy (non-hydrogen) atoms. The molecule has 4 nitrogen and oxygen atoms in total. The predicted octanol–water partition coefficient (Wildman–Crippen LogP) is 2.44. The van der Waals surface area contributed by atoms with Crippen LogP contribution >= 0.6 is 11.8 Å². The van der Waals surface area contributed by atoms with Gasteiger partial charge in [0.25, 0.3) is 0 Å². The van der Waals surface area contributed by atoms with Gasteiger partial charge in [0, 0.05) is 16.7 Å². The van der Waals surface area contributed by atoms with Crippen molar-refractivity contribution in [3.8, 4) is 0 Å². The summed E-state index contributed by atoms with van der Waals surface area (Å²) in [6, 6.07) is 2.38. The Labute approximate surface area is 117 Å². The number of thioether (sulfide) groups is 1. The zero-order valence-corrected chi connectivity index (χ0v) is 10.9. The second kappa shape index (κ2) is 4.72. The van der Waals surface area contributed by atoms with E-state index < -0.39 is 22.6 Å². The molecule has 0 spiro atoms. The fourth-order valence-electron chi connectivity index (χ4n) is 2.00. The molecule has 1 N–H and O–H groups in total. The number of nitrogens with zero attached hydrogens (tertiary/aromatic N) is 1. The molecule has 0 bridgehead atoms. The Morgan fingerprint density at radius 2 is 2.20 bits per heavy atom. The number of hydrogen-bond acceptors (Lipinski definition) is 4. The maximum atomic E-state index is 13.7. The highest BCUT2D eigenvalue weighted by Crippen LogP contribution is 2.36. The molecular formula is C14H8FNO3S. The van der Waals surface area contributed by atoms with Gasteiger partial charge in [-0.25, -0.2) is 9.18 Å². The molecule has 0 radical (unpaired) electrons. The second-order valence-corrected chi connectivity index (χ2v) is 5.43. The first-order valence-corrected chi connectivity index (χ1v) is 6.64. The molecule has 6 heteroatoms. The number of allylic oxidation sites excluding steroid dienone is 3. The average Bonchev–Trinajstić information content (AvgIpc) is 2.58. The van der Waals surface area contributed by atoms with Crippen molar-refractivity contribution in [1.29, 1.82) is 0 Å². The molecule has 0 amide bonds. The van der Waals surface area contributed by atoms with E-state index in [9.17, 15) is 14.0 Å². The summed E-state index contributed by atoms with van der Waals surface area (Å²) in [5, 5.41) is 8.44. The summed E-state index contributed by atoms with van der Waals surface area (Å²) < 4.78 is 13.7. The zero-order chi connectivity index (χ0) is 14.3. The summed E-state index contributed by atoms with van der Waals surface area (Å²) in [6.45, 7) is 0. The Hall–Kier alpha value is -2.21. The van der Waals surface area contributed by atoms with E-state index >= 15 is 0 Å². The van der Waals surface area contributed by atoms with Crippen molar-refractivity contribution in [3.05, 3.63) is 53.0 Å². The van der Waals surface area contributed by atoms with Crippen LogP contribution in [0.25, 0.3) is 0 Å². The Balaban J connectivity index is 2.11. The van der Waals surface area contributed by atoms with Gasteiger partial charge in [0.1, 0.15) is 11.1 Å². The molecule has 1 atom stereocenters. The molecular weight excluding hydrogens is 281 g/mol. The molecule has 1 heterocycles. The van der Waals surface area contributed by atoms with Gasteiger partial charge in [-0.05, 0) is 24.3 Å². The normalized spacial score (nSPS) is 19.9. The lowest BCUT2D eigenvalue weighted by Gasteiger charge is -2.15. The summed E-state index contributed by atoms with van der Waals surface area (Å²) in [6.07, 6.45) is 6.24. The Morgan fingerprint density at radius 1 is 1.40 bits per heavy atom. The third kappa shape index (κ3) is 2.08. The van der Waals surface area contributed by atoms with Crippen LogP contribution in [0.4, 0.5) is 4.39 Å². The topological polar surface area (TPSA) is 66.7 Å². The molecule has 100 valence electrons. The first-order valence-electron chi connectivity index (χ1n) is 5.76. The Morgan fingerprint density at radius 3 is 2.95 bits per heavy atom. The van der Waals surface area contributed by atoms with Crippen molar-refractivity contribution >= 4 is 29.7 Å². The highest BCUT2D eigenvalue weighted by molar-refractivity contribution is 8.01. The second-order valence-electron chi connectivity index (χ2n) is 4.28. The van der Waals surface area contributed by atoms with E-state index in [2.05, 4.69) is 4.99 Å². The van der Waals surface area contributed by atoms with Crippen molar-refractivity contribution in [1.82, 2.24) is 0 Å². The monoisotopic (exact) mass is 289 g/mol. The number of carboxylic acid groups (broad SMARTS) is 1. The van der Waals surface area contributed by atoms with E-state index in [1.165, 1.54) is 30.1 Å². The van der Waals surface area contributed by atoms with Gasteiger partial charge in [-0.2, -0.15) is 0 Å². The first kappa shape index (κ1) is 12.8. The number of benzene rings is 1. The Bertz CT molecular complexity index is 721. The lowest BCUT2D eigenvalue weighted by atomic mass is 10.1. The van der Waals surface area contributed by atoms with Crippen LogP contribution in [0, 0.1) is 5.82 Å². The zero-order valence-electron chi connectivity index (χ0n) is 10.0. The van der Waals surface area contributed by atoms with Crippen LogP contribution in [0.3, 0.4) is 0 Å². The summed E-state index contributed by atoms with van der Waals surface area (Å²) in [5.41, 5.74) is 0.646. The summed E-state index contributed by atoms with van der Waals surface area (Å²) in [5.74, 6) is -2.26. The number of aliphatic imine (C=N–C) groups is 1. The SMILES string of the molecule is O=C(O)c1cc2c(cc1F)C=NC1=CC=CC(=O)C1S2. The van der Waals surface area contributed by atoms with Crippen LogP contribution in [0.1, 0.15) is 15.9 Å². The number of carbonyl (C=O) groups excluding carboxylic acids is 1. The summed E-state index contributed by atoms with van der Waals surface area (Å²) in [4.78, 5) is 27.5. The number of rotatable bonds is 1. The molecule has 1 aliphatic carbocycles. The molecule has 0 saturated heterocycles. The van der Waals surface area contributed by atoms with Crippen LogP contribution in [0.2, 0.25) is 0 Å². The van der Waals surface area contributed by atoms with Gasteiger partial charge in [0.2, 0.25) is 0 Å². The molecule has 2 aliphatic rings. The van der Waals surface area contributed by atoms with E-state index in [1.54, 1.807) is 12.2 Å². The van der Waals surface area contributed by atoms with Crippen molar-refractivity contribution in [2.45, 2.75) is 10.1 Å². The van der Waals surface area contributed by atoms with Gasteiger partial charge in [-0.15, -0.1) is 11.8 Å². The molecule has 1 aromatic rings. The van der Waals surface area contributed by atoms with Crippen LogP contribution in [-0.2, 0) is 4.79 Å². The molecule has 1 unspecified atom stereocenters. The number of hydrogen-bond donors (Lipinski definition) is 1. The summed E-state index contributed by atoms with van der Waals surface area (Å²) >= 11 is 1.19. The fourth-order valence-corrected chi connectivity index (χ4v) is 3.14. The maximum absolute atomic E-state index is 13.7. The number of ketones is 1. The van der Waals surface area contributed by atoms with E-state index in [1.807, 2.05) is 0 Å². The standard InChI is InChI=1S/C14H8FNO3S/c15-9-4-7-6-16-10-2-1-3-11(17)13(10)20-12(7)5-8(9)14(18)19/h1-6,13H,(H,18,19). The van der Waals surface area contributed by atoms with Gasteiger partial charge < -0.3 is 5.11 Å². The molecule has 1 aliphatic heterocycles. The molecule has 0 saturated carbocycles. The van der Waals surface area contributed by atoms with Crippen LogP contribution in [-0.4, -0.2) is 28.3 Å². The molecule has 0 aromatic heterocycles. The Kier molecular flexibility index (Phi) is 3.02. The summed E-state index contributed by atoms with van der Waals surface area (Å²) in [7, 11) is 0. The fraction of sp³-hybridized carbons (Fsp3) is 0.0714. The average molecular weight is 289 g/mol. The van der Waals surface area contributed by atoms with Crippen molar-refractivity contribution in [3.63, 3.8) is 0 Å². The number of fused-ring (bicyclic) bond motifs is 2. The van der Waals surface area contributed by atoms with Crippen LogP contribution in [0.5, 0.6) is 0 Å². The molecule has 1 aromatic carbocycles. The van der Waals surface area contributed by atoms with Crippen LogP contribution in [0.15, 0.2) is 45.9 Å². The van der Waals surface area contributed by atoms with E-state index in [4.69, 9.17) is 5.11 Å². The number of halogens is 1. The highest BCUT2D eigenvalue weighted by atomic mass is 32.2. The van der Waals surface area contributed by atoms with Crippen molar-refractivity contribution in [2.75, 3.05) is 0 Å². The third-order valence-electron chi connectivity index (χ3n) is 2.98. The minimum absolute atomic E-state index is 0.112. The lowest BCUT2D eigenvalue weighted by molar-refractivity contribution is -0.113. The van der Waals surface area contributed by atoms with E-state index in [0.717, 1.165) is 6.07 Å². The maximum Gasteiger partial charge on any atom is 0.338 e. The number of carbonyl (C=O) groups is 2. The van der Waals surface area contributed by atoms with Gasteiger partial charge in [-0.1, -0.05) is 6.08 Å². The predicted molar refractivity (Wildman–Crippen MR) is 72.8 cm³/mol. The molecule has 3 rings (SSSR count). The minimum Gasteiger partial charge on any atom is -0.478 e. The molecule has 0 fully saturated rings. The highest BCUT2D eigenvalue weighted by Gasteiger charge is 2.28. The quantitative estimate of drug-likeness (QED) is 0.862. The van der Waals surface area contributed by atoms with Gasteiger partial charge >= 0.3 is 5.97 Å². The smallest absolute Gasteiger partial charge is 0.338 e. The minimum atomic E-state index is -1.34. The van der Waals surface area contributed by atoms with Gasteiger partial charge in [0.05, 0.1) is 11.3 Å². The van der Waals surface area contributed by atoms with E-state index in [0.29, 0.717) is 16.2 Å². The first-order chi connectivity index (χ1) is 9.56. The number of aromatic carboxylic acids is 1. The lowest BCUT2D eigenvalue weighted by Crippen LogP contribution is -2.18. The van der Waals surface area contributed by atoms with Crippen molar-refractivity contribution < 1.29 is 19.1 Å². The van der Waals surface area contributed by atoms with Gasteiger partial charge in [0.15, 0.2) is 5.78 Å². The third-order valence-corrected chi connectivity index (χ3v) is 4.30. The number of carboxylic acids is 1. The van der Waals surface area contributed by atoms with Crippen LogP contribution < -0.4 is 0 Å². The van der Waals surface area contributed by atoms with E-state index in [-0.39, 0.29) is 5.78 Å². The van der Waals surface area contributed by atoms with Crippen molar-refractivity contribution in [2.24, 2.45) is 4.99 Å². The van der Waals surface area contributed by atoms with Gasteiger partial charge in [-0.3, -0.25) is 9.79 Å². The largest absolute Gasteiger partial charge is 0.478 e.